The minimum absolute atomic E-state index is 0.0797. The molecular formula is C26H22ClNO2. The van der Waals surface area contributed by atoms with Crippen LogP contribution in [0.15, 0.2) is 91.0 Å². The molecule has 0 amide bonds. The van der Waals surface area contributed by atoms with Gasteiger partial charge in [-0.2, -0.15) is 0 Å². The normalized spacial score (nSPS) is 11.8. The Labute approximate surface area is 181 Å². The maximum absolute atomic E-state index is 13.2. The number of anilines is 1. The van der Waals surface area contributed by atoms with Crippen LogP contribution >= 0.6 is 11.6 Å². The molecule has 0 aliphatic heterocycles. The van der Waals surface area contributed by atoms with E-state index in [0.717, 1.165) is 27.8 Å². The standard InChI is InChI=1S/C26H22ClNO2/c1-30-24-13-11-19(12-14-24)25(28-23-8-4-7-22(27)16-23)17-26(29)21-10-9-18-5-2-3-6-20(18)15-21/h2-16,25,28H,17H2,1H3. The highest BCUT2D eigenvalue weighted by Gasteiger charge is 2.18. The first-order valence-electron chi connectivity index (χ1n) is 9.80. The van der Waals surface area contributed by atoms with Crippen LogP contribution in [-0.2, 0) is 0 Å². The molecule has 1 atom stereocenters. The van der Waals surface area contributed by atoms with E-state index < -0.39 is 0 Å². The molecule has 0 aliphatic rings. The molecule has 1 N–H and O–H groups in total. The number of methoxy groups -OCH3 is 1. The molecule has 0 fully saturated rings. The van der Waals surface area contributed by atoms with Crippen molar-refractivity contribution in [3.63, 3.8) is 0 Å². The number of ketones is 1. The molecule has 0 aromatic heterocycles. The molecule has 0 saturated carbocycles. The van der Waals surface area contributed by atoms with Crippen molar-refractivity contribution in [1.82, 2.24) is 0 Å². The summed E-state index contributed by atoms with van der Waals surface area (Å²) in [7, 11) is 1.64. The first-order chi connectivity index (χ1) is 14.6. The van der Waals surface area contributed by atoms with Crippen molar-refractivity contribution >= 4 is 33.8 Å². The van der Waals surface area contributed by atoms with E-state index >= 15 is 0 Å². The molecule has 0 radical (unpaired) electrons. The number of fused-ring (bicyclic) bond motifs is 1. The fourth-order valence-electron chi connectivity index (χ4n) is 3.53. The van der Waals surface area contributed by atoms with Gasteiger partial charge in [0.05, 0.1) is 13.2 Å². The lowest BCUT2D eigenvalue weighted by Crippen LogP contribution is -2.16. The first-order valence-corrected chi connectivity index (χ1v) is 10.2. The van der Waals surface area contributed by atoms with Gasteiger partial charge in [-0.3, -0.25) is 4.79 Å². The second-order valence-electron chi connectivity index (χ2n) is 7.17. The summed E-state index contributed by atoms with van der Waals surface area (Å²) < 4.78 is 5.27. The van der Waals surface area contributed by atoms with Crippen LogP contribution in [0.2, 0.25) is 5.02 Å². The van der Waals surface area contributed by atoms with Gasteiger partial charge in [-0.15, -0.1) is 0 Å². The Morgan fingerprint density at radius 1 is 0.900 bits per heavy atom. The zero-order valence-electron chi connectivity index (χ0n) is 16.6. The maximum Gasteiger partial charge on any atom is 0.165 e. The number of ether oxygens (including phenoxy) is 1. The number of hydrogen-bond donors (Lipinski definition) is 1. The van der Waals surface area contributed by atoms with Crippen LogP contribution in [0.4, 0.5) is 5.69 Å². The number of nitrogens with one attached hydrogen (secondary N) is 1. The fourth-order valence-corrected chi connectivity index (χ4v) is 3.72. The van der Waals surface area contributed by atoms with Gasteiger partial charge >= 0.3 is 0 Å². The van der Waals surface area contributed by atoms with Crippen molar-refractivity contribution in [1.29, 1.82) is 0 Å². The van der Waals surface area contributed by atoms with Crippen molar-refractivity contribution in [3.8, 4) is 5.75 Å². The number of carbonyl (C=O) groups is 1. The molecule has 4 aromatic rings. The summed E-state index contributed by atoms with van der Waals surface area (Å²) in [6.45, 7) is 0. The lowest BCUT2D eigenvalue weighted by molar-refractivity contribution is 0.0976. The Balaban J connectivity index is 1.62. The molecule has 30 heavy (non-hydrogen) atoms. The highest BCUT2D eigenvalue weighted by molar-refractivity contribution is 6.30. The number of Topliss-reactive ketones (excluding diaryl/α,β-unsaturated/α-hetero) is 1. The van der Waals surface area contributed by atoms with Crippen LogP contribution in [0, 0.1) is 0 Å². The first kappa shape index (κ1) is 20.0. The Hall–Kier alpha value is -3.30. The zero-order valence-corrected chi connectivity index (χ0v) is 17.4. The van der Waals surface area contributed by atoms with Crippen LogP contribution in [0.1, 0.15) is 28.4 Å². The molecular weight excluding hydrogens is 394 g/mol. The van der Waals surface area contributed by atoms with Crippen molar-refractivity contribution in [2.24, 2.45) is 0 Å². The number of benzene rings is 4. The Morgan fingerprint density at radius 2 is 1.67 bits per heavy atom. The molecule has 0 bridgehead atoms. The Kier molecular flexibility index (Phi) is 6.01. The SMILES string of the molecule is COc1ccc(C(CC(=O)c2ccc3ccccc3c2)Nc2cccc(Cl)c2)cc1. The van der Waals surface area contributed by atoms with Gasteiger partial charge in [-0.05, 0) is 52.7 Å². The number of rotatable bonds is 7. The van der Waals surface area contributed by atoms with Gasteiger partial charge in [-0.1, -0.05) is 66.2 Å². The van der Waals surface area contributed by atoms with Gasteiger partial charge in [0.1, 0.15) is 5.75 Å². The highest BCUT2D eigenvalue weighted by Crippen LogP contribution is 2.28. The van der Waals surface area contributed by atoms with Gasteiger partial charge in [0.25, 0.3) is 0 Å². The number of hydrogen-bond acceptors (Lipinski definition) is 3. The van der Waals surface area contributed by atoms with Crippen LogP contribution < -0.4 is 10.1 Å². The van der Waals surface area contributed by atoms with Crippen molar-refractivity contribution < 1.29 is 9.53 Å². The monoisotopic (exact) mass is 415 g/mol. The van der Waals surface area contributed by atoms with Crippen LogP contribution in [0.25, 0.3) is 10.8 Å². The van der Waals surface area contributed by atoms with E-state index in [1.165, 1.54) is 0 Å². The van der Waals surface area contributed by atoms with Crippen LogP contribution in [0.5, 0.6) is 5.75 Å². The number of halogens is 1. The molecule has 0 heterocycles. The van der Waals surface area contributed by atoms with Crippen molar-refractivity contribution in [2.75, 3.05) is 12.4 Å². The summed E-state index contributed by atoms with van der Waals surface area (Å²) in [5, 5.41) is 6.30. The largest absolute Gasteiger partial charge is 0.497 e. The van der Waals surface area contributed by atoms with Gasteiger partial charge in [0.15, 0.2) is 5.78 Å². The molecule has 150 valence electrons. The summed E-state index contributed by atoms with van der Waals surface area (Å²) in [4.78, 5) is 13.2. The third kappa shape index (κ3) is 4.64. The number of carbonyl (C=O) groups excluding carboxylic acids is 1. The molecule has 1 unspecified atom stereocenters. The van der Waals surface area contributed by atoms with Gasteiger partial charge in [0, 0.05) is 22.7 Å². The van der Waals surface area contributed by atoms with E-state index in [1.54, 1.807) is 7.11 Å². The summed E-state index contributed by atoms with van der Waals surface area (Å²) in [5.41, 5.74) is 2.58. The summed E-state index contributed by atoms with van der Waals surface area (Å²) in [6, 6.07) is 29.0. The zero-order chi connectivity index (χ0) is 20.9. The average molecular weight is 416 g/mol. The predicted octanol–water partition coefficient (Wildman–Crippen LogP) is 6.93. The van der Waals surface area contributed by atoms with E-state index in [2.05, 4.69) is 5.32 Å². The lowest BCUT2D eigenvalue weighted by atomic mass is 9.96. The second kappa shape index (κ2) is 9.02. The van der Waals surface area contributed by atoms with Gasteiger partial charge in [-0.25, -0.2) is 0 Å². The third-order valence-electron chi connectivity index (χ3n) is 5.14. The van der Waals surface area contributed by atoms with Gasteiger partial charge < -0.3 is 10.1 Å². The molecule has 0 spiro atoms. The quantitative estimate of drug-likeness (QED) is 0.332. The minimum atomic E-state index is -0.201. The van der Waals surface area contributed by atoms with E-state index in [0.29, 0.717) is 17.0 Å². The molecule has 4 heteroatoms. The van der Waals surface area contributed by atoms with E-state index in [-0.39, 0.29) is 11.8 Å². The highest BCUT2D eigenvalue weighted by atomic mass is 35.5. The van der Waals surface area contributed by atoms with E-state index in [1.807, 2.05) is 91.0 Å². The van der Waals surface area contributed by atoms with Crippen molar-refractivity contribution in [3.05, 3.63) is 107 Å². The molecule has 4 rings (SSSR count). The Morgan fingerprint density at radius 3 is 2.40 bits per heavy atom. The maximum atomic E-state index is 13.2. The second-order valence-corrected chi connectivity index (χ2v) is 7.61. The van der Waals surface area contributed by atoms with E-state index in [9.17, 15) is 4.79 Å². The smallest absolute Gasteiger partial charge is 0.165 e. The topological polar surface area (TPSA) is 38.3 Å². The molecule has 0 saturated heterocycles. The summed E-state index contributed by atoms with van der Waals surface area (Å²) >= 11 is 6.15. The summed E-state index contributed by atoms with van der Waals surface area (Å²) in [5.74, 6) is 0.859. The lowest BCUT2D eigenvalue weighted by Gasteiger charge is -2.20. The Bertz CT molecular complexity index is 1170. The van der Waals surface area contributed by atoms with Crippen molar-refractivity contribution in [2.45, 2.75) is 12.5 Å². The average Bonchev–Trinajstić information content (AvgIpc) is 2.78. The van der Waals surface area contributed by atoms with Crippen LogP contribution in [-0.4, -0.2) is 12.9 Å². The third-order valence-corrected chi connectivity index (χ3v) is 5.38. The molecule has 3 nitrogen and oxygen atoms in total. The van der Waals surface area contributed by atoms with Crippen LogP contribution in [0.3, 0.4) is 0 Å². The van der Waals surface area contributed by atoms with Gasteiger partial charge in [0.2, 0.25) is 0 Å². The predicted molar refractivity (Wildman–Crippen MR) is 124 cm³/mol. The minimum Gasteiger partial charge on any atom is -0.497 e. The van der Waals surface area contributed by atoms with E-state index in [4.69, 9.17) is 16.3 Å². The molecule has 4 aromatic carbocycles. The fraction of sp³-hybridized carbons (Fsp3) is 0.115. The molecule has 0 aliphatic carbocycles. The summed E-state index contributed by atoms with van der Waals surface area (Å²) in [6.07, 6.45) is 0.317.